The lowest BCUT2D eigenvalue weighted by atomic mass is 10.1. The summed E-state index contributed by atoms with van der Waals surface area (Å²) in [4.78, 5) is 16.3. The van der Waals surface area contributed by atoms with E-state index in [1.165, 1.54) is 0 Å². The third kappa shape index (κ3) is 2.34. The van der Waals surface area contributed by atoms with E-state index < -0.39 is 0 Å². The van der Waals surface area contributed by atoms with Gasteiger partial charge in [0.15, 0.2) is 5.69 Å². The Morgan fingerprint density at radius 2 is 2.32 bits per heavy atom. The second-order valence-corrected chi connectivity index (χ2v) is 4.63. The van der Waals surface area contributed by atoms with Gasteiger partial charge in [0.1, 0.15) is 5.82 Å². The highest BCUT2D eigenvalue weighted by molar-refractivity contribution is 6.03. The zero-order valence-electron chi connectivity index (χ0n) is 10.7. The van der Waals surface area contributed by atoms with Crippen molar-refractivity contribution in [1.82, 2.24) is 20.5 Å². The van der Waals surface area contributed by atoms with E-state index in [1.807, 2.05) is 13.0 Å². The molecule has 0 bridgehead atoms. The molecule has 0 saturated heterocycles. The monoisotopic (exact) mass is 257 g/mol. The van der Waals surface area contributed by atoms with Crippen LogP contribution in [0.2, 0.25) is 0 Å². The smallest absolute Gasteiger partial charge is 0.277 e. The van der Waals surface area contributed by atoms with E-state index in [1.54, 1.807) is 12.3 Å². The summed E-state index contributed by atoms with van der Waals surface area (Å²) >= 11 is 0. The van der Waals surface area contributed by atoms with E-state index >= 15 is 0 Å². The molecule has 0 fully saturated rings. The first-order chi connectivity index (χ1) is 9.24. The molecule has 6 nitrogen and oxygen atoms in total. The first-order valence-electron chi connectivity index (χ1n) is 6.25. The molecule has 1 amide bonds. The Kier molecular flexibility index (Phi) is 3.00. The fraction of sp³-hybridized carbons (Fsp3) is 0.308. The quantitative estimate of drug-likeness (QED) is 0.750. The van der Waals surface area contributed by atoms with Crippen LogP contribution in [0, 0.1) is 6.92 Å². The lowest BCUT2D eigenvalue weighted by Crippen LogP contribution is -2.25. The number of aromatic amines is 1. The number of carbonyl (C=O) groups is 1. The van der Waals surface area contributed by atoms with Crippen molar-refractivity contribution in [3.8, 4) is 0 Å². The number of pyridine rings is 1. The molecule has 0 spiro atoms. The van der Waals surface area contributed by atoms with Gasteiger partial charge in [0.2, 0.25) is 0 Å². The minimum atomic E-state index is -0.224. The van der Waals surface area contributed by atoms with Crippen molar-refractivity contribution in [3.05, 3.63) is 40.8 Å². The molecule has 3 heterocycles. The van der Waals surface area contributed by atoms with Crippen LogP contribution in [0.1, 0.15) is 27.3 Å². The highest BCUT2D eigenvalue weighted by Crippen LogP contribution is 2.16. The second kappa shape index (κ2) is 4.81. The third-order valence-corrected chi connectivity index (χ3v) is 3.17. The molecular formula is C13H15N5O. The maximum Gasteiger partial charge on any atom is 0.277 e. The van der Waals surface area contributed by atoms with Crippen LogP contribution in [0.15, 0.2) is 18.3 Å². The molecule has 0 radical (unpaired) electrons. The van der Waals surface area contributed by atoms with Crippen LogP contribution in [0.5, 0.6) is 0 Å². The number of hydrogen-bond acceptors (Lipinski definition) is 4. The van der Waals surface area contributed by atoms with Crippen LogP contribution in [0.3, 0.4) is 0 Å². The summed E-state index contributed by atoms with van der Waals surface area (Å²) in [6.45, 7) is 3.54. The van der Waals surface area contributed by atoms with Crippen molar-refractivity contribution in [2.24, 2.45) is 0 Å². The van der Waals surface area contributed by atoms with Gasteiger partial charge in [0, 0.05) is 37.0 Å². The third-order valence-electron chi connectivity index (χ3n) is 3.17. The van der Waals surface area contributed by atoms with Crippen LogP contribution >= 0.6 is 0 Å². The number of fused-ring (bicyclic) bond motifs is 1. The zero-order chi connectivity index (χ0) is 13.2. The van der Waals surface area contributed by atoms with E-state index in [0.717, 1.165) is 29.8 Å². The Balaban J connectivity index is 1.80. The SMILES string of the molecule is Cc1ccc(NC(=O)c2n[nH]c3c2CNCC3)nc1. The molecule has 0 aromatic carbocycles. The average Bonchev–Trinajstić information content (AvgIpc) is 2.85. The van der Waals surface area contributed by atoms with Crippen molar-refractivity contribution in [3.63, 3.8) is 0 Å². The summed E-state index contributed by atoms with van der Waals surface area (Å²) in [7, 11) is 0. The summed E-state index contributed by atoms with van der Waals surface area (Å²) in [5.74, 6) is 0.314. The topological polar surface area (TPSA) is 82.7 Å². The molecule has 3 rings (SSSR count). The van der Waals surface area contributed by atoms with Crippen LogP contribution in [0.4, 0.5) is 5.82 Å². The van der Waals surface area contributed by atoms with Crippen LogP contribution in [-0.2, 0) is 13.0 Å². The van der Waals surface area contributed by atoms with E-state index in [4.69, 9.17) is 0 Å². The molecule has 1 aliphatic heterocycles. The maximum absolute atomic E-state index is 12.2. The number of rotatable bonds is 2. The minimum absolute atomic E-state index is 0.224. The number of hydrogen-bond donors (Lipinski definition) is 3. The van der Waals surface area contributed by atoms with Crippen LogP contribution < -0.4 is 10.6 Å². The normalized spacial score (nSPS) is 13.9. The summed E-state index contributed by atoms with van der Waals surface area (Å²) in [6.07, 6.45) is 2.59. The van der Waals surface area contributed by atoms with Gasteiger partial charge >= 0.3 is 0 Å². The first kappa shape index (κ1) is 11.9. The van der Waals surface area contributed by atoms with Crippen molar-refractivity contribution in [2.45, 2.75) is 19.9 Å². The van der Waals surface area contributed by atoms with Crippen LogP contribution in [0.25, 0.3) is 0 Å². The lowest BCUT2D eigenvalue weighted by molar-refractivity contribution is 0.102. The highest BCUT2D eigenvalue weighted by atomic mass is 16.2. The Bertz CT molecular complexity index is 602. The van der Waals surface area contributed by atoms with E-state index in [0.29, 0.717) is 18.1 Å². The molecule has 0 saturated carbocycles. The van der Waals surface area contributed by atoms with Gasteiger partial charge in [-0.05, 0) is 18.6 Å². The number of aryl methyl sites for hydroxylation is 1. The van der Waals surface area contributed by atoms with Gasteiger partial charge in [-0.3, -0.25) is 9.89 Å². The van der Waals surface area contributed by atoms with Gasteiger partial charge in [-0.2, -0.15) is 5.10 Å². The van der Waals surface area contributed by atoms with E-state index in [9.17, 15) is 4.79 Å². The fourth-order valence-electron chi connectivity index (χ4n) is 2.13. The largest absolute Gasteiger partial charge is 0.312 e. The van der Waals surface area contributed by atoms with Gasteiger partial charge in [-0.15, -0.1) is 0 Å². The molecule has 3 N–H and O–H groups in total. The molecule has 1 aliphatic rings. The Morgan fingerprint density at radius 1 is 1.42 bits per heavy atom. The molecule has 0 atom stereocenters. The van der Waals surface area contributed by atoms with Crippen molar-refractivity contribution in [1.29, 1.82) is 0 Å². The maximum atomic E-state index is 12.2. The highest BCUT2D eigenvalue weighted by Gasteiger charge is 2.21. The first-order valence-corrected chi connectivity index (χ1v) is 6.25. The number of carbonyl (C=O) groups excluding carboxylic acids is 1. The standard InChI is InChI=1S/C13H15N5O/c1-8-2-3-11(15-6-8)16-13(19)12-9-7-14-5-4-10(9)17-18-12/h2-3,6,14H,4-5,7H2,1H3,(H,17,18)(H,15,16,19). The number of aromatic nitrogens is 3. The van der Waals surface area contributed by atoms with Gasteiger partial charge in [0.05, 0.1) is 0 Å². The predicted molar refractivity (Wildman–Crippen MR) is 70.9 cm³/mol. The molecule has 0 aliphatic carbocycles. The number of H-pyrrole nitrogens is 1. The molecular weight excluding hydrogens is 242 g/mol. The Hall–Kier alpha value is -2.21. The number of amides is 1. The molecule has 19 heavy (non-hydrogen) atoms. The zero-order valence-corrected chi connectivity index (χ0v) is 10.7. The molecule has 2 aromatic heterocycles. The van der Waals surface area contributed by atoms with Gasteiger partial charge in [-0.25, -0.2) is 4.98 Å². The van der Waals surface area contributed by atoms with E-state index in [2.05, 4.69) is 25.8 Å². The average molecular weight is 257 g/mol. The molecule has 2 aromatic rings. The van der Waals surface area contributed by atoms with Crippen molar-refractivity contribution >= 4 is 11.7 Å². The van der Waals surface area contributed by atoms with E-state index in [-0.39, 0.29) is 5.91 Å². The van der Waals surface area contributed by atoms with Crippen molar-refractivity contribution in [2.75, 3.05) is 11.9 Å². The lowest BCUT2D eigenvalue weighted by Gasteiger charge is -2.12. The molecule has 98 valence electrons. The number of anilines is 1. The van der Waals surface area contributed by atoms with Gasteiger partial charge < -0.3 is 10.6 Å². The van der Waals surface area contributed by atoms with Crippen molar-refractivity contribution < 1.29 is 4.79 Å². The fourth-order valence-corrected chi connectivity index (χ4v) is 2.13. The van der Waals surface area contributed by atoms with Gasteiger partial charge in [0.25, 0.3) is 5.91 Å². The number of nitrogens with zero attached hydrogens (tertiary/aromatic N) is 2. The summed E-state index contributed by atoms with van der Waals surface area (Å²) < 4.78 is 0. The van der Waals surface area contributed by atoms with Crippen LogP contribution in [-0.4, -0.2) is 27.6 Å². The molecule has 6 heteroatoms. The Morgan fingerprint density at radius 3 is 3.11 bits per heavy atom. The summed E-state index contributed by atoms with van der Waals surface area (Å²) in [5, 5.41) is 13.0. The second-order valence-electron chi connectivity index (χ2n) is 4.63. The predicted octanol–water partition coefficient (Wildman–Crippen LogP) is 1.01. The minimum Gasteiger partial charge on any atom is -0.312 e. The summed E-state index contributed by atoms with van der Waals surface area (Å²) in [5.41, 5.74) is 3.50. The molecule has 0 unspecified atom stereocenters. The number of nitrogens with one attached hydrogen (secondary N) is 3. The summed E-state index contributed by atoms with van der Waals surface area (Å²) in [6, 6.07) is 3.69. The Labute approximate surface area is 110 Å². The van der Waals surface area contributed by atoms with Gasteiger partial charge in [-0.1, -0.05) is 6.07 Å².